The highest BCUT2D eigenvalue weighted by Gasteiger charge is 2.35. The number of hydrogen-bond donors (Lipinski definition) is 1. The maximum absolute atomic E-state index is 12.9. The molecule has 7 nitrogen and oxygen atoms in total. The predicted molar refractivity (Wildman–Crippen MR) is 96.0 cm³/mol. The molecular formula is C19H20N4O3. The van der Waals surface area contributed by atoms with Gasteiger partial charge in [0.05, 0.1) is 0 Å². The van der Waals surface area contributed by atoms with Gasteiger partial charge in [-0.3, -0.25) is 19.4 Å². The van der Waals surface area contributed by atoms with Crippen LogP contribution in [0.1, 0.15) is 35.3 Å². The summed E-state index contributed by atoms with van der Waals surface area (Å²) in [7, 11) is 0. The molecule has 134 valence electrons. The molecule has 0 aromatic carbocycles. The first-order valence-electron chi connectivity index (χ1n) is 8.73. The minimum absolute atomic E-state index is 0.0803. The number of carbonyl (C=O) groups excluding carboxylic acids is 2. The molecule has 2 amide bonds. The van der Waals surface area contributed by atoms with Gasteiger partial charge in [-0.05, 0) is 36.6 Å². The highest BCUT2D eigenvalue weighted by molar-refractivity contribution is 6.04. The predicted octanol–water partition coefficient (Wildman–Crippen LogP) is 1.46. The normalized spacial score (nSPS) is 21.0. The summed E-state index contributed by atoms with van der Waals surface area (Å²) < 4.78 is 1.76. The molecule has 0 saturated carbocycles. The lowest BCUT2D eigenvalue weighted by atomic mass is 9.83. The number of hydrogen-bond acceptors (Lipinski definition) is 4. The Bertz CT molecular complexity index is 922. The molecule has 2 aliphatic rings. The number of carbonyl (C=O) groups is 2. The van der Waals surface area contributed by atoms with Crippen LogP contribution in [0.5, 0.6) is 0 Å². The summed E-state index contributed by atoms with van der Waals surface area (Å²) in [6.07, 6.45) is 4.07. The summed E-state index contributed by atoms with van der Waals surface area (Å²) in [6.45, 7) is 3.50. The van der Waals surface area contributed by atoms with E-state index in [2.05, 4.69) is 10.3 Å². The van der Waals surface area contributed by atoms with E-state index in [4.69, 9.17) is 0 Å². The fourth-order valence-corrected chi connectivity index (χ4v) is 4.00. The third kappa shape index (κ3) is 2.89. The molecule has 26 heavy (non-hydrogen) atoms. The zero-order valence-corrected chi connectivity index (χ0v) is 14.5. The number of piperidine rings is 1. The van der Waals surface area contributed by atoms with Gasteiger partial charge in [0.1, 0.15) is 5.69 Å². The van der Waals surface area contributed by atoms with Crippen molar-refractivity contribution in [2.45, 2.75) is 25.8 Å². The first-order valence-corrected chi connectivity index (χ1v) is 8.73. The second-order valence-corrected chi connectivity index (χ2v) is 7.00. The van der Waals surface area contributed by atoms with Crippen LogP contribution < -0.4 is 10.9 Å². The Morgan fingerprint density at radius 1 is 1.12 bits per heavy atom. The Kier molecular flexibility index (Phi) is 4.06. The van der Waals surface area contributed by atoms with E-state index in [0.29, 0.717) is 25.2 Å². The molecule has 2 aromatic rings. The largest absolute Gasteiger partial charge is 0.342 e. The Balaban J connectivity index is 1.62. The number of pyridine rings is 2. The van der Waals surface area contributed by atoms with E-state index in [1.54, 1.807) is 29.7 Å². The smallest absolute Gasteiger partial charge is 0.274 e. The van der Waals surface area contributed by atoms with Crippen LogP contribution in [0.3, 0.4) is 0 Å². The molecule has 7 heteroatoms. The highest BCUT2D eigenvalue weighted by Crippen LogP contribution is 2.35. The molecule has 1 fully saturated rings. The lowest BCUT2D eigenvalue weighted by Crippen LogP contribution is -2.48. The van der Waals surface area contributed by atoms with Gasteiger partial charge in [-0.15, -0.1) is 0 Å². The van der Waals surface area contributed by atoms with E-state index in [-0.39, 0.29) is 34.9 Å². The van der Waals surface area contributed by atoms with Crippen molar-refractivity contribution >= 4 is 17.5 Å². The molecule has 4 heterocycles. The molecule has 0 spiro atoms. The Hall–Kier alpha value is -2.96. The van der Waals surface area contributed by atoms with Gasteiger partial charge in [0.2, 0.25) is 5.91 Å². The Morgan fingerprint density at radius 2 is 1.88 bits per heavy atom. The molecule has 2 unspecified atom stereocenters. The van der Waals surface area contributed by atoms with Gasteiger partial charge < -0.3 is 14.8 Å². The second kappa shape index (κ2) is 6.40. The highest BCUT2D eigenvalue weighted by atomic mass is 16.2. The molecule has 2 bridgehead atoms. The zero-order chi connectivity index (χ0) is 18.3. The van der Waals surface area contributed by atoms with Crippen LogP contribution in [-0.2, 0) is 11.3 Å². The average molecular weight is 352 g/mol. The number of fused-ring (bicyclic) bond motifs is 4. The fraction of sp³-hybridized carbons (Fsp3) is 0.368. The first kappa shape index (κ1) is 16.5. The summed E-state index contributed by atoms with van der Waals surface area (Å²) in [5.41, 5.74) is 1.49. The number of rotatable bonds is 2. The number of nitrogens with zero attached hydrogens (tertiary/aromatic N) is 3. The molecular weight excluding hydrogens is 332 g/mol. The van der Waals surface area contributed by atoms with E-state index in [1.807, 2.05) is 11.0 Å². The summed E-state index contributed by atoms with van der Waals surface area (Å²) in [6, 6.07) is 6.77. The third-order valence-corrected chi connectivity index (χ3v) is 5.24. The minimum Gasteiger partial charge on any atom is -0.342 e. The molecule has 1 saturated heterocycles. The third-order valence-electron chi connectivity index (χ3n) is 5.24. The molecule has 2 aliphatic heterocycles. The van der Waals surface area contributed by atoms with Crippen LogP contribution in [0.25, 0.3) is 0 Å². The van der Waals surface area contributed by atoms with E-state index in [1.165, 1.54) is 12.4 Å². The monoisotopic (exact) mass is 352 g/mol. The van der Waals surface area contributed by atoms with E-state index in [9.17, 15) is 14.4 Å². The summed E-state index contributed by atoms with van der Waals surface area (Å²) in [5.74, 6) is 0.193. The number of likely N-dealkylation sites (tertiary alicyclic amines) is 1. The van der Waals surface area contributed by atoms with Gasteiger partial charge in [-0.25, -0.2) is 0 Å². The maximum Gasteiger partial charge on any atom is 0.274 e. The van der Waals surface area contributed by atoms with Gasteiger partial charge in [0.15, 0.2) is 0 Å². The quantitative estimate of drug-likeness (QED) is 0.887. The fourth-order valence-electron chi connectivity index (χ4n) is 4.00. The van der Waals surface area contributed by atoms with Crippen molar-refractivity contribution in [2.24, 2.45) is 5.92 Å². The van der Waals surface area contributed by atoms with Crippen molar-refractivity contribution in [3.8, 4) is 0 Å². The topological polar surface area (TPSA) is 84.3 Å². The number of nitrogens with one attached hydrogen (secondary N) is 1. The van der Waals surface area contributed by atoms with Crippen LogP contribution in [0.2, 0.25) is 0 Å². The van der Waals surface area contributed by atoms with Crippen molar-refractivity contribution in [1.82, 2.24) is 14.5 Å². The molecule has 0 radical (unpaired) electrons. The molecule has 4 rings (SSSR count). The SMILES string of the molecule is CC(=O)N1CC2CC(C1)c1ccc(NC(=O)c3ccncc3)c(=O)n1C2. The summed E-state index contributed by atoms with van der Waals surface area (Å²) >= 11 is 0. The maximum atomic E-state index is 12.9. The standard InChI is InChI=1S/C19H20N4O3/c1-12(24)22-9-13-8-15(11-22)17-3-2-16(19(26)23(17)10-13)21-18(25)14-4-6-20-7-5-14/h2-7,13,15H,8-11H2,1H3,(H,21,25). The van der Waals surface area contributed by atoms with Gasteiger partial charge >= 0.3 is 0 Å². The van der Waals surface area contributed by atoms with Crippen molar-refractivity contribution in [2.75, 3.05) is 18.4 Å². The van der Waals surface area contributed by atoms with E-state index >= 15 is 0 Å². The number of aromatic nitrogens is 2. The summed E-state index contributed by atoms with van der Waals surface area (Å²) in [4.78, 5) is 42.7. The van der Waals surface area contributed by atoms with E-state index < -0.39 is 0 Å². The zero-order valence-electron chi connectivity index (χ0n) is 14.5. The van der Waals surface area contributed by atoms with Crippen LogP contribution in [-0.4, -0.2) is 39.4 Å². The van der Waals surface area contributed by atoms with Crippen molar-refractivity contribution in [3.05, 3.63) is 58.3 Å². The van der Waals surface area contributed by atoms with Crippen LogP contribution >= 0.6 is 0 Å². The molecule has 1 N–H and O–H groups in total. The average Bonchev–Trinajstić information content (AvgIpc) is 2.65. The molecule has 0 aliphatic carbocycles. The Morgan fingerprint density at radius 3 is 2.62 bits per heavy atom. The van der Waals surface area contributed by atoms with Gasteiger partial charge in [-0.2, -0.15) is 0 Å². The summed E-state index contributed by atoms with van der Waals surface area (Å²) in [5, 5.41) is 2.70. The number of amides is 2. The lowest BCUT2D eigenvalue weighted by Gasteiger charge is -2.42. The van der Waals surface area contributed by atoms with Crippen LogP contribution in [0.15, 0.2) is 41.5 Å². The lowest BCUT2D eigenvalue weighted by molar-refractivity contribution is -0.131. The first-order chi connectivity index (χ1) is 12.5. The second-order valence-electron chi connectivity index (χ2n) is 7.00. The van der Waals surface area contributed by atoms with Gasteiger partial charge in [0.25, 0.3) is 11.5 Å². The molecule has 2 aromatic heterocycles. The van der Waals surface area contributed by atoms with Crippen molar-refractivity contribution in [3.63, 3.8) is 0 Å². The van der Waals surface area contributed by atoms with Crippen LogP contribution in [0, 0.1) is 5.92 Å². The van der Waals surface area contributed by atoms with E-state index in [0.717, 1.165) is 12.1 Å². The number of anilines is 1. The van der Waals surface area contributed by atoms with Crippen molar-refractivity contribution < 1.29 is 9.59 Å². The van der Waals surface area contributed by atoms with Gasteiger partial charge in [-0.1, -0.05) is 0 Å². The van der Waals surface area contributed by atoms with Crippen molar-refractivity contribution in [1.29, 1.82) is 0 Å². The van der Waals surface area contributed by atoms with Crippen LogP contribution in [0.4, 0.5) is 5.69 Å². The van der Waals surface area contributed by atoms with Gasteiger partial charge in [0, 0.05) is 56.1 Å². The minimum atomic E-state index is -0.330. The Labute approximate surface area is 150 Å². The molecule has 2 atom stereocenters.